The maximum absolute atomic E-state index is 9.71. The van der Waals surface area contributed by atoms with E-state index in [1.807, 2.05) is 31.2 Å². The molecule has 1 atom stereocenters. The standard InChI is InChI=1S/C15H18BrClN2O/c1-2-3-4-14-18-15(17)13(10-20)19(14)9-11-5-7-12(16)8-6-11/h5-8,20H,2-4,9-10H2,1H3/i4D2,10D. The van der Waals surface area contributed by atoms with Crippen molar-refractivity contribution in [2.45, 2.75) is 39.3 Å². The molecule has 5 heteroatoms. The van der Waals surface area contributed by atoms with Crippen molar-refractivity contribution < 1.29 is 9.22 Å². The molecule has 108 valence electrons. The fourth-order valence-electron chi connectivity index (χ4n) is 1.86. The van der Waals surface area contributed by atoms with Crippen molar-refractivity contribution in [1.82, 2.24) is 9.55 Å². The Morgan fingerprint density at radius 2 is 2.10 bits per heavy atom. The van der Waals surface area contributed by atoms with E-state index in [4.69, 9.17) is 15.7 Å². The van der Waals surface area contributed by atoms with Crippen molar-refractivity contribution >= 4 is 27.5 Å². The fourth-order valence-corrected chi connectivity index (χ4v) is 2.36. The summed E-state index contributed by atoms with van der Waals surface area (Å²) in [5.74, 6) is 0.147. The molecule has 0 spiro atoms. The van der Waals surface area contributed by atoms with Gasteiger partial charge in [0.25, 0.3) is 0 Å². The number of benzene rings is 1. The van der Waals surface area contributed by atoms with E-state index in [1.165, 1.54) is 4.57 Å². The third-order valence-corrected chi connectivity index (χ3v) is 3.68. The van der Waals surface area contributed by atoms with Gasteiger partial charge in [-0.15, -0.1) is 0 Å². The summed E-state index contributed by atoms with van der Waals surface area (Å²) in [7, 11) is 0. The van der Waals surface area contributed by atoms with Crippen molar-refractivity contribution in [3.05, 3.63) is 51.0 Å². The van der Waals surface area contributed by atoms with E-state index in [9.17, 15) is 5.11 Å². The molecule has 1 N–H and O–H groups in total. The summed E-state index contributed by atoms with van der Waals surface area (Å²) in [5.41, 5.74) is 1.02. The van der Waals surface area contributed by atoms with Crippen molar-refractivity contribution in [2.24, 2.45) is 0 Å². The lowest BCUT2D eigenvalue weighted by molar-refractivity contribution is 0.271. The largest absolute Gasteiger partial charge is 0.390 e. The molecular weight excluding hydrogens is 340 g/mol. The Kier molecular flexibility index (Phi) is 4.27. The normalized spacial score (nSPS) is 15.5. The Labute approximate surface area is 136 Å². The van der Waals surface area contributed by atoms with E-state index < -0.39 is 13.0 Å². The third-order valence-electron chi connectivity index (χ3n) is 2.87. The third kappa shape index (κ3) is 3.62. The van der Waals surface area contributed by atoms with Gasteiger partial charge in [-0.3, -0.25) is 0 Å². The predicted octanol–water partition coefficient (Wildman–Crippen LogP) is 4.18. The molecule has 1 heterocycles. The highest BCUT2D eigenvalue weighted by molar-refractivity contribution is 9.10. The summed E-state index contributed by atoms with van der Waals surface area (Å²) in [6, 6.07) is 7.53. The Bertz CT molecular complexity index is 674. The second-order valence-corrected chi connectivity index (χ2v) is 5.65. The van der Waals surface area contributed by atoms with Crippen LogP contribution in [0.25, 0.3) is 0 Å². The van der Waals surface area contributed by atoms with Gasteiger partial charge in [-0.25, -0.2) is 4.98 Å². The van der Waals surface area contributed by atoms with E-state index in [0.717, 1.165) is 10.0 Å². The zero-order valence-electron chi connectivity index (χ0n) is 14.1. The summed E-state index contributed by atoms with van der Waals surface area (Å²) in [6.45, 7) is 0.607. The molecule has 2 rings (SSSR count). The van der Waals surface area contributed by atoms with Crippen molar-refractivity contribution in [3.8, 4) is 0 Å². The number of rotatable bonds is 6. The smallest absolute Gasteiger partial charge is 0.152 e. The lowest BCUT2D eigenvalue weighted by atomic mass is 10.2. The van der Waals surface area contributed by atoms with Gasteiger partial charge in [0.15, 0.2) is 5.15 Å². The molecule has 0 amide bonds. The first-order valence-electron chi connectivity index (χ1n) is 7.95. The Hall–Kier alpha value is -0.840. The van der Waals surface area contributed by atoms with Crippen LogP contribution in [0.5, 0.6) is 0 Å². The van der Waals surface area contributed by atoms with E-state index in [-0.39, 0.29) is 29.6 Å². The topological polar surface area (TPSA) is 38.1 Å². The maximum atomic E-state index is 9.71. The van der Waals surface area contributed by atoms with E-state index in [1.54, 1.807) is 0 Å². The first kappa shape index (κ1) is 11.8. The van der Waals surface area contributed by atoms with Gasteiger partial charge in [-0.2, -0.15) is 0 Å². The number of hydrogen-bond donors (Lipinski definition) is 1. The number of aryl methyl sites for hydroxylation is 1. The monoisotopic (exact) mass is 359 g/mol. The van der Waals surface area contributed by atoms with Gasteiger partial charge in [0, 0.05) is 20.1 Å². The predicted molar refractivity (Wildman–Crippen MR) is 85.0 cm³/mol. The summed E-state index contributed by atoms with van der Waals surface area (Å²) < 4.78 is 26.5. The number of aliphatic hydroxyl groups is 1. The average Bonchev–Trinajstić information content (AvgIpc) is 2.79. The molecule has 2 aromatic rings. The van der Waals surface area contributed by atoms with Crippen LogP contribution in [-0.2, 0) is 19.5 Å². The molecule has 1 aromatic carbocycles. The van der Waals surface area contributed by atoms with E-state index in [2.05, 4.69) is 20.9 Å². The highest BCUT2D eigenvalue weighted by Gasteiger charge is 2.15. The Morgan fingerprint density at radius 3 is 2.70 bits per heavy atom. The summed E-state index contributed by atoms with van der Waals surface area (Å²) in [5, 5.41) is 9.68. The Morgan fingerprint density at radius 1 is 1.40 bits per heavy atom. The molecule has 0 aliphatic heterocycles. The van der Waals surface area contributed by atoms with Crippen molar-refractivity contribution in [2.75, 3.05) is 0 Å². The van der Waals surface area contributed by atoms with Gasteiger partial charge >= 0.3 is 0 Å². The van der Waals surface area contributed by atoms with Crippen LogP contribution in [0, 0.1) is 0 Å². The zero-order chi connectivity index (χ0) is 17.2. The minimum absolute atomic E-state index is 0.0282. The minimum atomic E-state index is -1.68. The van der Waals surface area contributed by atoms with Gasteiger partial charge < -0.3 is 9.67 Å². The molecular formula is C15H18BrClN2O. The molecule has 1 unspecified atom stereocenters. The number of halogens is 2. The molecule has 0 fully saturated rings. The molecule has 20 heavy (non-hydrogen) atoms. The second kappa shape index (κ2) is 7.25. The number of aliphatic hydroxyl groups excluding tert-OH is 1. The number of imidazole rings is 1. The molecule has 1 aromatic heterocycles. The lowest BCUT2D eigenvalue weighted by Gasteiger charge is -2.11. The summed E-state index contributed by atoms with van der Waals surface area (Å²) >= 11 is 9.43. The average molecular weight is 361 g/mol. The number of hydrogen-bond acceptors (Lipinski definition) is 2. The van der Waals surface area contributed by atoms with Crippen LogP contribution in [0.4, 0.5) is 0 Å². The lowest BCUT2D eigenvalue weighted by Crippen LogP contribution is -2.09. The van der Waals surface area contributed by atoms with Gasteiger partial charge in [0.2, 0.25) is 0 Å². The SMILES string of the molecule is [2H]C(O)c1c(Cl)nc(C([2H])([2H])CCC)n1Cc1ccc(Br)cc1. The van der Waals surface area contributed by atoms with Crippen LogP contribution in [0.15, 0.2) is 28.7 Å². The van der Waals surface area contributed by atoms with Crippen molar-refractivity contribution in [3.63, 3.8) is 0 Å². The van der Waals surface area contributed by atoms with Gasteiger partial charge in [0.05, 0.1) is 13.6 Å². The van der Waals surface area contributed by atoms with Crippen LogP contribution in [0.1, 0.15) is 41.0 Å². The van der Waals surface area contributed by atoms with Gasteiger partial charge in [0.1, 0.15) is 5.82 Å². The molecule has 0 bridgehead atoms. The highest BCUT2D eigenvalue weighted by Crippen LogP contribution is 2.21. The molecule has 0 radical (unpaired) electrons. The highest BCUT2D eigenvalue weighted by atomic mass is 79.9. The van der Waals surface area contributed by atoms with Gasteiger partial charge in [-0.05, 0) is 24.1 Å². The van der Waals surface area contributed by atoms with Crippen LogP contribution in [0.3, 0.4) is 0 Å². The van der Waals surface area contributed by atoms with Crippen LogP contribution < -0.4 is 0 Å². The quantitative estimate of drug-likeness (QED) is 0.839. The number of aromatic nitrogens is 2. The van der Waals surface area contributed by atoms with E-state index in [0.29, 0.717) is 6.42 Å². The molecule has 0 saturated heterocycles. The molecule has 3 nitrogen and oxygen atoms in total. The minimum Gasteiger partial charge on any atom is -0.390 e. The zero-order valence-corrected chi connectivity index (χ0v) is 13.4. The van der Waals surface area contributed by atoms with Gasteiger partial charge in [-0.1, -0.05) is 53.0 Å². The molecule has 0 aliphatic rings. The first-order chi connectivity index (χ1) is 10.8. The van der Waals surface area contributed by atoms with Crippen LogP contribution in [-0.4, -0.2) is 14.7 Å². The first-order valence-corrected chi connectivity index (χ1v) is 7.54. The fraction of sp³-hybridized carbons (Fsp3) is 0.400. The summed E-state index contributed by atoms with van der Waals surface area (Å²) in [6.07, 6.45) is -0.746. The van der Waals surface area contributed by atoms with Crippen LogP contribution >= 0.6 is 27.5 Å². The van der Waals surface area contributed by atoms with Crippen molar-refractivity contribution in [1.29, 1.82) is 0 Å². The number of nitrogens with zero attached hydrogens (tertiary/aromatic N) is 2. The second-order valence-electron chi connectivity index (χ2n) is 4.38. The maximum Gasteiger partial charge on any atom is 0.152 e. The van der Waals surface area contributed by atoms with E-state index >= 15 is 0 Å². The molecule has 0 saturated carbocycles. The van der Waals surface area contributed by atoms with Crippen LogP contribution in [0.2, 0.25) is 5.15 Å². The summed E-state index contributed by atoms with van der Waals surface area (Å²) in [4.78, 5) is 4.10. The molecule has 0 aliphatic carbocycles. The Balaban J connectivity index is 2.51.